The minimum atomic E-state index is -2.87. The summed E-state index contributed by atoms with van der Waals surface area (Å²) in [7, 11) is 1.66. The quantitative estimate of drug-likeness (QED) is 0.464. The van der Waals surface area contributed by atoms with Crippen molar-refractivity contribution in [3.05, 3.63) is 59.2 Å². The molecular formula is C23H29F2N3O3. The number of hydrogen-bond acceptors (Lipinski definition) is 4. The molecule has 2 aromatic carbocycles. The summed E-state index contributed by atoms with van der Waals surface area (Å²) in [6.45, 7) is 2.13. The van der Waals surface area contributed by atoms with E-state index >= 15 is 0 Å². The number of rotatable bonds is 9. The lowest BCUT2D eigenvalue weighted by molar-refractivity contribution is -0.0504. The molecule has 0 aliphatic carbocycles. The molecule has 31 heavy (non-hydrogen) atoms. The van der Waals surface area contributed by atoms with E-state index in [1.54, 1.807) is 25.2 Å². The van der Waals surface area contributed by atoms with Crippen LogP contribution in [-0.2, 0) is 17.8 Å². The van der Waals surface area contributed by atoms with Crippen LogP contribution in [0.15, 0.2) is 47.5 Å². The molecule has 0 bridgehead atoms. The van der Waals surface area contributed by atoms with Crippen molar-refractivity contribution in [3.63, 3.8) is 0 Å². The van der Waals surface area contributed by atoms with Crippen molar-refractivity contribution in [1.82, 2.24) is 10.6 Å². The number of aliphatic imine (C=N–C) groups is 1. The Morgan fingerprint density at radius 3 is 2.55 bits per heavy atom. The Labute approximate surface area is 181 Å². The number of para-hydroxylation sites is 1. The molecule has 2 N–H and O–H groups in total. The van der Waals surface area contributed by atoms with Crippen molar-refractivity contribution >= 4 is 5.96 Å². The average molecular weight is 433 g/mol. The van der Waals surface area contributed by atoms with Gasteiger partial charge in [-0.3, -0.25) is 4.99 Å². The third kappa shape index (κ3) is 7.10. The number of nitrogens with one attached hydrogen (secondary N) is 2. The summed E-state index contributed by atoms with van der Waals surface area (Å²) >= 11 is 0. The van der Waals surface area contributed by atoms with Gasteiger partial charge in [-0.25, -0.2) is 0 Å². The first-order valence-electron chi connectivity index (χ1n) is 10.3. The van der Waals surface area contributed by atoms with Crippen LogP contribution in [0.5, 0.6) is 11.5 Å². The third-order valence-electron chi connectivity index (χ3n) is 5.03. The fourth-order valence-corrected chi connectivity index (χ4v) is 3.30. The molecule has 0 spiro atoms. The van der Waals surface area contributed by atoms with E-state index in [0.29, 0.717) is 37.1 Å². The van der Waals surface area contributed by atoms with Crippen LogP contribution in [0.25, 0.3) is 0 Å². The van der Waals surface area contributed by atoms with Gasteiger partial charge in [-0.15, -0.1) is 0 Å². The standard InChI is InChI=1S/C23H29F2N3O3/c1-16-7-8-19(21(11-16)30-15-17-9-10-29-14-17)13-28-23(26-2)27-12-18-5-3-4-6-20(18)31-22(24)25/h3-8,11,17,22H,9-10,12-15H2,1-2H3,(H2,26,27,28). The largest absolute Gasteiger partial charge is 0.493 e. The Hall–Kier alpha value is -2.87. The van der Waals surface area contributed by atoms with Crippen LogP contribution in [0.4, 0.5) is 8.78 Å². The zero-order valence-electron chi connectivity index (χ0n) is 17.9. The summed E-state index contributed by atoms with van der Waals surface area (Å²) in [6.07, 6.45) is 1.02. The molecule has 1 saturated heterocycles. The van der Waals surface area contributed by atoms with Gasteiger partial charge in [0.05, 0.1) is 13.2 Å². The first-order valence-corrected chi connectivity index (χ1v) is 10.3. The molecule has 0 saturated carbocycles. The summed E-state index contributed by atoms with van der Waals surface area (Å²) in [5.74, 6) is 1.95. The second kappa shape index (κ2) is 11.5. The first kappa shape index (κ1) is 22.8. The van der Waals surface area contributed by atoms with Gasteiger partial charge in [0, 0.05) is 43.8 Å². The Balaban J connectivity index is 1.57. The minimum Gasteiger partial charge on any atom is -0.493 e. The van der Waals surface area contributed by atoms with Crippen LogP contribution in [0.2, 0.25) is 0 Å². The highest BCUT2D eigenvalue weighted by atomic mass is 19.3. The summed E-state index contributed by atoms with van der Waals surface area (Å²) in [5, 5.41) is 6.38. The number of benzene rings is 2. The molecule has 0 radical (unpaired) electrons. The van der Waals surface area contributed by atoms with E-state index in [1.807, 2.05) is 25.1 Å². The van der Waals surface area contributed by atoms with Crippen molar-refractivity contribution < 1.29 is 23.0 Å². The number of hydrogen-bond donors (Lipinski definition) is 2. The van der Waals surface area contributed by atoms with Gasteiger partial charge in [0.1, 0.15) is 11.5 Å². The van der Waals surface area contributed by atoms with Gasteiger partial charge in [0.15, 0.2) is 5.96 Å². The lowest BCUT2D eigenvalue weighted by Gasteiger charge is -2.17. The Kier molecular flexibility index (Phi) is 8.46. The van der Waals surface area contributed by atoms with Crippen LogP contribution < -0.4 is 20.1 Å². The monoisotopic (exact) mass is 433 g/mol. The maximum atomic E-state index is 12.6. The van der Waals surface area contributed by atoms with Crippen molar-refractivity contribution in [2.75, 3.05) is 26.9 Å². The number of halogens is 2. The van der Waals surface area contributed by atoms with E-state index in [2.05, 4.69) is 20.4 Å². The minimum absolute atomic E-state index is 0.144. The van der Waals surface area contributed by atoms with Crippen molar-refractivity contribution in [1.29, 1.82) is 0 Å². The van der Waals surface area contributed by atoms with Gasteiger partial charge in [-0.1, -0.05) is 30.3 Å². The van der Waals surface area contributed by atoms with E-state index in [9.17, 15) is 8.78 Å². The molecule has 0 aromatic heterocycles. The fraction of sp³-hybridized carbons (Fsp3) is 0.435. The fourth-order valence-electron chi connectivity index (χ4n) is 3.30. The van der Waals surface area contributed by atoms with Crippen molar-refractivity contribution in [2.24, 2.45) is 10.9 Å². The average Bonchev–Trinajstić information content (AvgIpc) is 3.27. The zero-order chi connectivity index (χ0) is 22.1. The van der Waals surface area contributed by atoms with Crippen molar-refractivity contribution in [3.8, 4) is 11.5 Å². The number of aryl methyl sites for hydroxylation is 1. The highest BCUT2D eigenvalue weighted by Gasteiger charge is 2.17. The predicted octanol–water partition coefficient (Wildman–Crippen LogP) is 3.88. The van der Waals surface area contributed by atoms with E-state index < -0.39 is 6.61 Å². The number of ether oxygens (including phenoxy) is 3. The molecule has 1 unspecified atom stereocenters. The lowest BCUT2D eigenvalue weighted by atomic mass is 10.1. The van der Waals surface area contributed by atoms with Crippen LogP contribution in [0.3, 0.4) is 0 Å². The molecule has 3 rings (SSSR count). The van der Waals surface area contributed by atoms with Gasteiger partial charge < -0.3 is 24.8 Å². The van der Waals surface area contributed by atoms with E-state index in [-0.39, 0.29) is 5.75 Å². The van der Waals surface area contributed by atoms with E-state index in [1.165, 1.54) is 6.07 Å². The van der Waals surface area contributed by atoms with Crippen LogP contribution in [0.1, 0.15) is 23.1 Å². The number of nitrogens with zero attached hydrogens (tertiary/aromatic N) is 1. The zero-order valence-corrected chi connectivity index (χ0v) is 17.9. The first-order chi connectivity index (χ1) is 15.0. The van der Waals surface area contributed by atoms with Gasteiger partial charge >= 0.3 is 6.61 Å². The lowest BCUT2D eigenvalue weighted by Crippen LogP contribution is -2.36. The highest BCUT2D eigenvalue weighted by molar-refractivity contribution is 5.79. The second-order valence-electron chi connectivity index (χ2n) is 7.42. The Morgan fingerprint density at radius 1 is 1.13 bits per heavy atom. The molecule has 0 amide bonds. The smallest absolute Gasteiger partial charge is 0.387 e. The normalized spacial score (nSPS) is 16.4. The van der Waals surface area contributed by atoms with Crippen LogP contribution >= 0.6 is 0 Å². The van der Waals surface area contributed by atoms with Crippen LogP contribution in [-0.4, -0.2) is 39.4 Å². The summed E-state index contributed by atoms with van der Waals surface area (Å²) in [6, 6.07) is 12.8. The molecule has 1 fully saturated rings. The summed E-state index contributed by atoms with van der Waals surface area (Å²) in [4.78, 5) is 4.21. The second-order valence-corrected chi connectivity index (χ2v) is 7.42. The molecule has 1 aliphatic rings. The SMILES string of the molecule is CN=C(NCc1ccc(C)cc1OCC1CCOC1)NCc1ccccc1OC(F)F. The molecule has 1 aliphatic heterocycles. The molecule has 1 heterocycles. The van der Waals surface area contributed by atoms with Gasteiger partial charge in [0.2, 0.25) is 0 Å². The third-order valence-corrected chi connectivity index (χ3v) is 5.03. The molecule has 1 atom stereocenters. The summed E-state index contributed by atoms with van der Waals surface area (Å²) < 4.78 is 41.3. The Bertz CT molecular complexity index is 871. The maximum absolute atomic E-state index is 12.6. The molecule has 6 nitrogen and oxygen atoms in total. The van der Waals surface area contributed by atoms with Crippen molar-refractivity contribution in [2.45, 2.75) is 33.0 Å². The molecule has 2 aromatic rings. The van der Waals surface area contributed by atoms with Gasteiger partial charge in [0.25, 0.3) is 0 Å². The highest BCUT2D eigenvalue weighted by Crippen LogP contribution is 2.23. The molecular weight excluding hydrogens is 404 g/mol. The molecule has 8 heteroatoms. The van der Waals surface area contributed by atoms with E-state index in [4.69, 9.17) is 9.47 Å². The van der Waals surface area contributed by atoms with E-state index in [0.717, 1.165) is 36.5 Å². The number of alkyl halides is 2. The topological polar surface area (TPSA) is 64.1 Å². The van der Waals surface area contributed by atoms with Gasteiger partial charge in [-0.05, 0) is 31.0 Å². The predicted molar refractivity (Wildman–Crippen MR) is 116 cm³/mol. The molecule has 168 valence electrons. The maximum Gasteiger partial charge on any atom is 0.387 e. The van der Waals surface area contributed by atoms with Gasteiger partial charge in [-0.2, -0.15) is 8.78 Å². The Morgan fingerprint density at radius 2 is 1.87 bits per heavy atom. The number of guanidine groups is 1. The summed E-state index contributed by atoms with van der Waals surface area (Å²) in [5.41, 5.74) is 2.75. The van der Waals surface area contributed by atoms with Crippen LogP contribution in [0, 0.1) is 12.8 Å².